The van der Waals surface area contributed by atoms with E-state index in [0.717, 1.165) is 90.5 Å². The van der Waals surface area contributed by atoms with Gasteiger partial charge in [-0.25, -0.2) is 13.8 Å². The van der Waals surface area contributed by atoms with Crippen molar-refractivity contribution in [3.05, 3.63) is 123 Å². The Morgan fingerprint density at radius 2 is 1.68 bits per heavy atom. The van der Waals surface area contributed by atoms with Gasteiger partial charge >= 0.3 is 0 Å². The summed E-state index contributed by atoms with van der Waals surface area (Å²) in [4.78, 5) is 80.1. The predicted molar refractivity (Wildman–Crippen MR) is 273 cm³/mol. The Kier molecular flexibility index (Phi) is 13.3. The maximum Gasteiger partial charge on any atom is 0.257 e. The van der Waals surface area contributed by atoms with Gasteiger partial charge in [0.15, 0.2) is 0 Å². The molecular weight excluding hydrogens is 919 g/mol. The number of carbonyl (C=O) groups is 4. The highest BCUT2D eigenvalue weighted by atomic mass is 19.1. The molecule has 15 nitrogen and oxygen atoms in total. The fraction of sp³-hybridized carbons (Fsp3) is 0.455. The SMILES string of the molecule is CNc1ccn(-c2ccnc3c2cc([C@H](C)N2CC=C(c4c(F)cc(C(=O)N5CCC(CN6CCN(Cc7ccc8c(c7)C(C)(C)C(=O)N8[C@@H]7CCC(=O)NC7=O)C[C@@H]6C)CC5)cc4F)CC2)n3C)c(=O)c1. The number of aromatic nitrogens is 3. The molecule has 3 fully saturated rings. The van der Waals surface area contributed by atoms with Crippen LogP contribution in [0.1, 0.15) is 98.6 Å². The van der Waals surface area contributed by atoms with E-state index >= 15 is 8.78 Å². The molecule has 2 N–H and O–H groups in total. The molecule has 0 aliphatic carbocycles. The van der Waals surface area contributed by atoms with E-state index in [0.29, 0.717) is 56.6 Å². The van der Waals surface area contributed by atoms with Gasteiger partial charge in [-0.15, -0.1) is 0 Å². The maximum atomic E-state index is 15.9. The lowest BCUT2D eigenvalue weighted by Gasteiger charge is -2.42. The molecular formula is C55H64F2N10O5. The van der Waals surface area contributed by atoms with E-state index in [1.54, 1.807) is 39.9 Å². The summed E-state index contributed by atoms with van der Waals surface area (Å²) in [5.74, 6) is -2.29. The Bertz CT molecular complexity index is 3060. The van der Waals surface area contributed by atoms with E-state index in [-0.39, 0.29) is 46.9 Å². The second-order valence-electron chi connectivity index (χ2n) is 21.0. The fourth-order valence-corrected chi connectivity index (χ4v) is 11.9. The second-order valence-corrected chi connectivity index (χ2v) is 21.0. The maximum absolute atomic E-state index is 15.9. The van der Waals surface area contributed by atoms with E-state index in [2.05, 4.69) is 56.3 Å². The summed E-state index contributed by atoms with van der Waals surface area (Å²) in [5.41, 5.74) is 5.52. The Hall–Kier alpha value is -6.56. The van der Waals surface area contributed by atoms with Crippen LogP contribution >= 0.6 is 0 Å². The number of imide groups is 1. The molecule has 72 heavy (non-hydrogen) atoms. The fourth-order valence-electron chi connectivity index (χ4n) is 11.9. The number of halogens is 2. The van der Waals surface area contributed by atoms with Crippen LogP contribution in [0.5, 0.6) is 0 Å². The van der Waals surface area contributed by atoms with Crippen molar-refractivity contribution in [2.45, 2.75) is 89.9 Å². The predicted octanol–water partition coefficient (Wildman–Crippen LogP) is 6.38. The van der Waals surface area contributed by atoms with E-state index in [1.807, 2.05) is 55.8 Å². The monoisotopic (exact) mass is 983 g/mol. The topological polar surface area (TPSA) is 148 Å². The van der Waals surface area contributed by atoms with Crippen LogP contribution < -0.4 is 21.1 Å². The molecule has 8 heterocycles. The van der Waals surface area contributed by atoms with Crippen molar-refractivity contribution in [2.24, 2.45) is 13.0 Å². The van der Waals surface area contributed by atoms with Gasteiger partial charge < -0.3 is 14.8 Å². The standard InChI is InChI=1S/C55H64F2N10O5/c1-33-30-62(31-36-7-8-45-41(25-36)55(3,4)54(72)67(45)46-9-10-48(68)60-52(46)70)23-24-65(33)32-35-12-18-64(19-13-35)53(71)38-26-42(56)50(43(57)27-38)37-14-20-63(21-15-37)34(2)47-29-40-44(11-17-59-51(40)61(47)6)66-22-16-39(58-5)28-49(66)69/h7-8,11,14,16-17,22,25-29,33-35,46,58H,9-10,12-13,15,18-21,23-24,30-32H2,1-6H3,(H,60,68,70)/t33-,34-,46+/m0/s1. The van der Waals surface area contributed by atoms with E-state index < -0.39 is 29.0 Å². The molecule has 0 spiro atoms. The largest absolute Gasteiger partial charge is 0.388 e. The highest BCUT2D eigenvalue weighted by Crippen LogP contribution is 2.44. The number of amides is 4. The molecule has 3 aromatic heterocycles. The molecule has 2 aromatic carbocycles. The number of nitrogens with one attached hydrogen (secondary N) is 2. The molecule has 5 aliphatic heterocycles. The van der Waals surface area contributed by atoms with Crippen LogP contribution in [0.25, 0.3) is 22.3 Å². The normalized spacial score (nSPS) is 21.8. The number of hydrogen-bond donors (Lipinski definition) is 2. The lowest BCUT2D eigenvalue weighted by Crippen LogP contribution is -2.55. The van der Waals surface area contributed by atoms with E-state index in [9.17, 15) is 24.0 Å². The van der Waals surface area contributed by atoms with Gasteiger partial charge in [-0.05, 0) is 112 Å². The quantitative estimate of drug-likeness (QED) is 0.143. The number of hydrogen-bond acceptors (Lipinski definition) is 10. The number of pyridine rings is 2. The lowest BCUT2D eigenvalue weighted by molar-refractivity contribution is -0.136. The first kappa shape index (κ1) is 49.0. The second kappa shape index (κ2) is 19.5. The van der Waals surface area contributed by atoms with Crippen LogP contribution in [0, 0.1) is 17.6 Å². The number of fused-ring (bicyclic) bond motifs is 2. The summed E-state index contributed by atoms with van der Waals surface area (Å²) >= 11 is 0. The summed E-state index contributed by atoms with van der Waals surface area (Å²) < 4.78 is 35.5. The van der Waals surface area contributed by atoms with Crippen molar-refractivity contribution < 1.29 is 28.0 Å². The number of likely N-dealkylation sites (tertiary alicyclic amines) is 1. The average molecular weight is 983 g/mol. The third-order valence-corrected chi connectivity index (χ3v) is 16.2. The Balaban J connectivity index is 0.716. The summed E-state index contributed by atoms with van der Waals surface area (Å²) in [5, 5.41) is 6.24. The van der Waals surface area contributed by atoms with Gasteiger partial charge in [0, 0.05) is 144 Å². The van der Waals surface area contributed by atoms with E-state index in [1.165, 1.54) is 12.1 Å². The zero-order valence-corrected chi connectivity index (χ0v) is 42.0. The minimum atomic E-state index is -0.799. The van der Waals surface area contributed by atoms with Crippen molar-refractivity contribution in [3.8, 4) is 5.69 Å². The van der Waals surface area contributed by atoms with Gasteiger partial charge in [-0.3, -0.25) is 53.5 Å². The van der Waals surface area contributed by atoms with Gasteiger partial charge in [0.25, 0.3) is 11.5 Å². The highest BCUT2D eigenvalue weighted by Gasteiger charge is 2.49. The van der Waals surface area contributed by atoms with E-state index in [4.69, 9.17) is 0 Å². The third kappa shape index (κ3) is 9.04. The van der Waals surface area contributed by atoms with Crippen molar-refractivity contribution in [3.63, 3.8) is 0 Å². The highest BCUT2D eigenvalue weighted by molar-refractivity contribution is 6.13. The summed E-state index contributed by atoms with van der Waals surface area (Å²) in [6, 6.07) is 15.3. The van der Waals surface area contributed by atoms with Crippen molar-refractivity contribution in [1.82, 2.24) is 39.0 Å². The van der Waals surface area contributed by atoms with Crippen LogP contribution in [-0.2, 0) is 33.4 Å². The lowest BCUT2D eigenvalue weighted by atomic mass is 9.85. The smallest absolute Gasteiger partial charge is 0.257 e. The van der Waals surface area contributed by atoms with Gasteiger partial charge in [0.1, 0.15) is 23.3 Å². The van der Waals surface area contributed by atoms with Crippen LogP contribution in [0.3, 0.4) is 0 Å². The Morgan fingerprint density at radius 3 is 2.36 bits per heavy atom. The number of aryl methyl sites for hydroxylation is 1. The Morgan fingerprint density at radius 1 is 0.917 bits per heavy atom. The molecule has 0 radical (unpaired) electrons. The first-order valence-corrected chi connectivity index (χ1v) is 25.3. The van der Waals surface area contributed by atoms with Gasteiger partial charge in [-0.1, -0.05) is 18.2 Å². The molecule has 3 atom stereocenters. The van der Waals surface area contributed by atoms with Crippen LogP contribution in [0.15, 0.2) is 77.9 Å². The molecule has 3 saturated heterocycles. The minimum absolute atomic E-state index is 0.0257. The zero-order chi connectivity index (χ0) is 50.7. The first-order valence-electron chi connectivity index (χ1n) is 25.3. The molecule has 378 valence electrons. The van der Waals surface area contributed by atoms with Crippen LogP contribution in [-0.4, -0.2) is 129 Å². The molecule has 0 unspecified atom stereocenters. The summed E-state index contributed by atoms with van der Waals surface area (Å²) in [6.45, 7) is 14.5. The number of nitrogens with zero attached hydrogens (tertiary/aromatic N) is 8. The summed E-state index contributed by atoms with van der Waals surface area (Å²) in [7, 11) is 3.73. The molecule has 4 amide bonds. The van der Waals surface area contributed by atoms with Crippen molar-refractivity contribution >= 4 is 51.6 Å². The number of benzene rings is 2. The molecule has 5 aliphatic rings. The number of piperazine rings is 1. The molecule has 0 bridgehead atoms. The summed E-state index contributed by atoms with van der Waals surface area (Å²) in [6.07, 6.45) is 7.89. The number of rotatable bonds is 11. The van der Waals surface area contributed by atoms with Gasteiger partial charge in [-0.2, -0.15) is 0 Å². The number of anilines is 2. The molecule has 17 heteroatoms. The Labute approximate surface area is 418 Å². The van der Waals surface area contributed by atoms with Crippen molar-refractivity contribution in [1.29, 1.82) is 0 Å². The third-order valence-electron chi connectivity index (χ3n) is 16.2. The van der Waals surface area contributed by atoms with Gasteiger partial charge in [0.05, 0.1) is 11.1 Å². The van der Waals surface area contributed by atoms with Crippen molar-refractivity contribution in [2.75, 3.05) is 69.6 Å². The number of piperidine rings is 2. The average Bonchev–Trinajstić information content (AvgIpc) is 3.80. The molecule has 5 aromatic rings. The zero-order valence-electron chi connectivity index (χ0n) is 42.0. The minimum Gasteiger partial charge on any atom is -0.388 e. The first-order chi connectivity index (χ1) is 34.5. The molecule has 10 rings (SSSR count). The van der Waals surface area contributed by atoms with Gasteiger partial charge in [0.2, 0.25) is 17.7 Å². The van der Waals surface area contributed by atoms with Crippen LogP contribution in [0.4, 0.5) is 20.2 Å². The molecule has 0 saturated carbocycles. The van der Waals surface area contributed by atoms with Crippen LogP contribution in [0.2, 0.25) is 0 Å². The number of carbonyl (C=O) groups excluding carboxylic acids is 4.